The molecule has 0 saturated heterocycles. The molecule has 0 saturated carbocycles. The van der Waals surface area contributed by atoms with Gasteiger partial charge in [0.05, 0.1) is 17.9 Å². The van der Waals surface area contributed by atoms with Crippen LogP contribution in [0.25, 0.3) is 17.1 Å². The van der Waals surface area contributed by atoms with Crippen LogP contribution >= 0.6 is 0 Å². The van der Waals surface area contributed by atoms with Gasteiger partial charge in [-0.1, -0.05) is 35.9 Å². The summed E-state index contributed by atoms with van der Waals surface area (Å²) >= 11 is 0. The van der Waals surface area contributed by atoms with Crippen molar-refractivity contribution in [1.82, 2.24) is 19.6 Å². The van der Waals surface area contributed by atoms with Gasteiger partial charge < -0.3 is 9.73 Å². The summed E-state index contributed by atoms with van der Waals surface area (Å²) in [5, 5.41) is 11.3. The number of nitrogens with zero attached hydrogens (tertiary/aromatic N) is 4. The van der Waals surface area contributed by atoms with Crippen molar-refractivity contribution >= 4 is 5.69 Å². The van der Waals surface area contributed by atoms with Crippen molar-refractivity contribution < 1.29 is 4.42 Å². The fraction of sp³-hybridized carbons (Fsp3) is 0.190. The molecular formula is C21H21N5O2. The van der Waals surface area contributed by atoms with Crippen LogP contribution < -0.4 is 10.9 Å². The maximum atomic E-state index is 12.9. The van der Waals surface area contributed by atoms with E-state index in [-0.39, 0.29) is 12.1 Å². The Morgan fingerprint density at radius 3 is 2.43 bits per heavy atom. The maximum Gasteiger partial charge on any atom is 0.295 e. The molecule has 0 spiro atoms. The second-order valence-electron chi connectivity index (χ2n) is 6.66. The Morgan fingerprint density at radius 1 is 1.00 bits per heavy atom. The molecular weight excluding hydrogens is 354 g/mol. The molecule has 28 heavy (non-hydrogen) atoms. The van der Waals surface area contributed by atoms with E-state index in [1.807, 2.05) is 80.2 Å². The van der Waals surface area contributed by atoms with Gasteiger partial charge in [0.15, 0.2) is 0 Å². The summed E-state index contributed by atoms with van der Waals surface area (Å²) in [5.74, 6) is 0.882. The van der Waals surface area contributed by atoms with Crippen LogP contribution in [0.3, 0.4) is 0 Å². The maximum absolute atomic E-state index is 12.9. The van der Waals surface area contributed by atoms with Crippen molar-refractivity contribution in [1.29, 1.82) is 0 Å². The summed E-state index contributed by atoms with van der Waals surface area (Å²) in [6, 6.07) is 17.4. The van der Waals surface area contributed by atoms with E-state index in [2.05, 4.69) is 15.5 Å². The van der Waals surface area contributed by atoms with Crippen LogP contribution in [0.5, 0.6) is 0 Å². The molecule has 2 heterocycles. The minimum Gasteiger partial charge on any atom is -0.419 e. The van der Waals surface area contributed by atoms with Gasteiger partial charge in [0, 0.05) is 12.6 Å². The first-order chi connectivity index (χ1) is 13.5. The van der Waals surface area contributed by atoms with Gasteiger partial charge in [-0.3, -0.25) is 9.48 Å². The molecule has 0 aliphatic carbocycles. The first kappa shape index (κ1) is 17.8. The second-order valence-corrected chi connectivity index (χ2v) is 6.66. The zero-order valence-electron chi connectivity index (χ0n) is 16.0. The Morgan fingerprint density at radius 2 is 1.71 bits per heavy atom. The van der Waals surface area contributed by atoms with Gasteiger partial charge in [0.2, 0.25) is 11.8 Å². The van der Waals surface area contributed by atoms with Crippen molar-refractivity contribution in [2.75, 3.05) is 5.32 Å². The molecule has 0 amide bonds. The third kappa shape index (κ3) is 3.22. The predicted molar refractivity (Wildman–Crippen MR) is 108 cm³/mol. The highest BCUT2D eigenvalue weighted by Gasteiger charge is 2.17. The number of para-hydroxylation sites is 1. The summed E-state index contributed by atoms with van der Waals surface area (Å²) in [7, 11) is 1.86. The lowest BCUT2D eigenvalue weighted by molar-refractivity contribution is 0.515. The smallest absolute Gasteiger partial charge is 0.295 e. The van der Waals surface area contributed by atoms with E-state index in [1.165, 1.54) is 5.56 Å². The number of nitrogens with one attached hydrogen (secondary N) is 1. The molecule has 0 aliphatic rings. The minimum atomic E-state index is -0.121. The van der Waals surface area contributed by atoms with Crippen LogP contribution in [0.15, 0.2) is 63.8 Å². The fourth-order valence-corrected chi connectivity index (χ4v) is 3.07. The van der Waals surface area contributed by atoms with Crippen LogP contribution in [0.1, 0.15) is 17.1 Å². The minimum absolute atomic E-state index is 0.121. The van der Waals surface area contributed by atoms with E-state index < -0.39 is 0 Å². The molecule has 2 aromatic carbocycles. The van der Waals surface area contributed by atoms with Gasteiger partial charge >= 0.3 is 0 Å². The fourth-order valence-electron chi connectivity index (χ4n) is 3.07. The predicted octanol–water partition coefficient (Wildman–Crippen LogP) is 3.45. The first-order valence-corrected chi connectivity index (χ1v) is 9.02. The van der Waals surface area contributed by atoms with Crippen molar-refractivity contribution in [3.05, 3.63) is 82.1 Å². The monoisotopic (exact) mass is 375 g/mol. The van der Waals surface area contributed by atoms with Gasteiger partial charge in [-0.25, -0.2) is 4.68 Å². The first-order valence-electron chi connectivity index (χ1n) is 9.02. The molecule has 0 unspecified atom stereocenters. The highest BCUT2D eigenvalue weighted by Crippen LogP contribution is 2.19. The molecule has 2 aromatic heterocycles. The van der Waals surface area contributed by atoms with Crippen molar-refractivity contribution in [2.24, 2.45) is 7.05 Å². The van der Waals surface area contributed by atoms with Crippen LogP contribution in [-0.4, -0.2) is 19.6 Å². The average Bonchev–Trinajstić information content (AvgIpc) is 3.25. The van der Waals surface area contributed by atoms with Crippen LogP contribution in [0.4, 0.5) is 5.69 Å². The number of aryl methyl sites for hydroxylation is 1. The Kier molecular flexibility index (Phi) is 4.57. The number of anilines is 1. The van der Waals surface area contributed by atoms with Crippen LogP contribution in [-0.2, 0) is 13.6 Å². The van der Waals surface area contributed by atoms with E-state index in [0.717, 1.165) is 16.9 Å². The number of aromatic nitrogens is 4. The number of benzene rings is 2. The van der Waals surface area contributed by atoms with Gasteiger partial charge in [-0.2, -0.15) is 0 Å². The van der Waals surface area contributed by atoms with E-state index >= 15 is 0 Å². The third-order valence-electron chi connectivity index (χ3n) is 4.74. The van der Waals surface area contributed by atoms with Gasteiger partial charge in [0.25, 0.3) is 5.56 Å². The Balaban J connectivity index is 1.56. The van der Waals surface area contributed by atoms with Crippen molar-refractivity contribution in [3.8, 4) is 17.1 Å². The Labute approximate surface area is 162 Å². The van der Waals surface area contributed by atoms with Crippen molar-refractivity contribution in [3.63, 3.8) is 0 Å². The lowest BCUT2D eigenvalue weighted by Crippen LogP contribution is -2.21. The average molecular weight is 375 g/mol. The zero-order chi connectivity index (χ0) is 19.7. The summed E-state index contributed by atoms with van der Waals surface area (Å²) in [6.45, 7) is 4.19. The molecule has 4 aromatic rings. The summed E-state index contributed by atoms with van der Waals surface area (Å²) in [5.41, 5.74) is 4.06. The van der Waals surface area contributed by atoms with Crippen molar-refractivity contribution in [2.45, 2.75) is 20.4 Å². The lowest BCUT2D eigenvalue weighted by atomic mass is 10.1. The third-order valence-corrected chi connectivity index (χ3v) is 4.74. The molecule has 0 atom stereocenters. The standard InChI is InChI=1S/C21H21N5O2/c1-14-9-11-16(12-10-14)20-24-23-18(28-20)13-22-19-15(2)25(3)26(21(19)27)17-7-5-4-6-8-17/h4-12,22H,13H2,1-3H3. The Hall–Kier alpha value is -3.61. The van der Waals surface area contributed by atoms with E-state index in [4.69, 9.17) is 4.42 Å². The molecule has 0 radical (unpaired) electrons. The largest absolute Gasteiger partial charge is 0.419 e. The normalized spacial score (nSPS) is 11.0. The molecule has 7 heteroatoms. The molecule has 142 valence electrons. The number of rotatable bonds is 5. The molecule has 0 bridgehead atoms. The SMILES string of the molecule is Cc1ccc(-c2nnc(CNc3c(C)n(C)n(-c4ccccc4)c3=O)o2)cc1. The molecule has 0 aliphatic heterocycles. The number of hydrogen-bond acceptors (Lipinski definition) is 5. The van der Waals surface area contributed by atoms with Gasteiger partial charge in [0.1, 0.15) is 5.69 Å². The van der Waals surface area contributed by atoms with Gasteiger partial charge in [-0.05, 0) is 38.1 Å². The Bertz CT molecular complexity index is 1150. The topological polar surface area (TPSA) is 77.9 Å². The van der Waals surface area contributed by atoms with Gasteiger partial charge in [-0.15, -0.1) is 10.2 Å². The number of hydrogen-bond donors (Lipinski definition) is 1. The van der Waals surface area contributed by atoms with Crippen LogP contribution in [0, 0.1) is 13.8 Å². The molecule has 4 rings (SSSR count). The van der Waals surface area contributed by atoms with Crippen LogP contribution in [0.2, 0.25) is 0 Å². The van der Waals surface area contributed by atoms with E-state index in [0.29, 0.717) is 17.5 Å². The highest BCUT2D eigenvalue weighted by molar-refractivity contribution is 5.53. The molecule has 7 nitrogen and oxygen atoms in total. The molecule has 0 fully saturated rings. The highest BCUT2D eigenvalue weighted by atomic mass is 16.4. The van der Waals surface area contributed by atoms with E-state index in [9.17, 15) is 4.79 Å². The summed E-state index contributed by atoms with van der Waals surface area (Å²) < 4.78 is 9.19. The quantitative estimate of drug-likeness (QED) is 0.578. The molecule has 1 N–H and O–H groups in total. The van der Waals surface area contributed by atoms with E-state index in [1.54, 1.807) is 4.68 Å². The summed E-state index contributed by atoms with van der Waals surface area (Å²) in [4.78, 5) is 12.9. The summed E-state index contributed by atoms with van der Waals surface area (Å²) in [6.07, 6.45) is 0. The zero-order valence-corrected chi connectivity index (χ0v) is 16.0. The second kappa shape index (κ2) is 7.19. The lowest BCUT2D eigenvalue weighted by Gasteiger charge is -2.07.